The lowest BCUT2D eigenvalue weighted by atomic mass is 10.1. The standard InChI is InChI=1S/C25H33N5O2/c1-26-25(27-16-19-9-11-21(12-10-19)30-14-5-8-24(30)31)28-17-20-13-15-29(18-20)22-6-3-4-7-23(22)32-2/h3-4,6-7,9-12,20H,5,8,13-18H2,1-2H3,(H2,26,27,28). The predicted octanol–water partition coefficient (Wildman–Crippen LogP) is 3.01. The third-order valence-electron chi connectivity index (χ3n) is 6.27. The van der Waals surface area contributed by atoms with Gasteiger partial charge in [-0.3, -0.25) is 9.79 Å². The topological polar surface area (TPSA) is 69.2 Å². The number of rotatable bonds is 7. The van der Waals surface area contributed by atoms with Gasteiger partial charge in [0.2, 0.25) is 5.91 Å². The summed E-state index contributed by atoms with van der Waals surface area (Å²) >= 11 is 0. The van der Waals surface area contributed by atoms with Gasteiger partial charge in [-0.1, -0.05) is 24.3 Å². The molecule has 2 aromatic carbocycles. The summed E-state index contributed by atoms with van der Waals surface area (Å²) in [4.78, 5) is 20.5. The second-order valence-electron chi connectivity index (χ2n) is 8.39. The van der Waals surface area contributed by atoms with Crippen LogP contribution in [0.5, 0.6) is 5.75 Å². The molecule has 1 amide bonds. The number of carbonyl (C=O) groups excluding carboxylic acids is 1. The molecule has 0 bridgehead atoms. The minimum Gasteiger partial charge on any atom is -0.495 e. The summed E-state index contributed by atoms with van der Waals surface area (Å²) in [7, 11) is 3.52. The van der Waals surface area contributed by atoms with Crippen LogP contribution in [-0.4, -0.2) is 52.2 Å². The highest BCUT2D eigenvalue weighted by Gasteiger charge is 2.25. The molecule has 4 rings (SSSR count). The van der Waals surface area contributed by atoms with Crippen molar-refractivity contribution < 1.29 is 9.53 Å². The van der Waals surface area contributed by atoms with Gasteiger partial charge >= 0.3 is 0 Å². The highest BCUT2D eigenvalue weighted by Crippen LogP contribution is 2.31. The summed E-state index contributed by atoms with van der Waals surface area (Å²) in [5.41, 5.74) is 3.31. The first-order valence-corrected chi connectivity index (χ1v) is 11.4. The van der Waals surface area contributed by atoms with Crippen molar-refractivity contribution in [3.8, 4) is 5.75 Å². The van der Waals surface area contributed by atoms with Gasteiger partial charge in [0.05, 0.1) is 12.8 Å². The smallest absolute Gasteiger partial charge is 0.227 e. The number of para-hydroxylation sites is 2. The fourth-order valence-electron chi connectivity index (χ4n) is 4.47. The van der Waals surface area contributed by atoms with Crippen molar-refractivity contribution >= 4 is 23.2 Å². The van der Waals surface area contributed by atoms with Crippen molar-refractivity contribution in [1.29, 1.82) is 0 Å². The fraction of sp³-hybridized carbons (Fsp3) is 0.440. The van der Waals surface area contributed by atoms with Crippen molar-refractivity contribution in [3.63, 3.8) is 0 Å². The van der Waals surface area contributed by atoms with E-state index < -0.39 is 0 Å². The normalized spacial score (nSPS) is 18.9. The number of guanidine groups is 1. The van der Waals surface area contributed by atoms with Gasteiger partial charge < -0.3 is 25.2 Å². The van der Waals surface area contributed by atoms with E-state index in [4.69, 9.17) is 4.74 Å². The van der Waals surface area contributed by atoms with Crippen LogP contribution in [0.2, 0.25) is 0 Å². The Bertz CT molecular complexity index is 944. The number of carbonyl (C=O) groups is 1. The summed E-state index contributed by atoms with van der Waals surface area (Å²) in [6, 6.07) is 16.4. The quantitative estimate of drug-likeness (QED) is 0.517. The van der Waals surface area contributed by atoms with Crippen molar-refractivity contribution in [3.05, 3.63) is 54.1 Å². The number of nitrogens with one attached hydrogen (secondary N) is 2. The Morgan fingerprint density at radius 1 is 1.12 bits per heavy atom. The Morgan fingerprint density at radius 3 is 2.66 bits per heavy atom. The van der Waals surface area contributed by atoms with E-state index in [0.717, 1.165) is 62.0 Å². The van der Waals surface area contributed by atoms with Gasteiger partial charge in [-0.2, -0.15) is 0 Å². The minimum atomic E-state index is 0.219. The molecule has 2 N–H and O–H groups in total. The zero-order valence-electron chi connectivity index (χ0n) is 19.0. The molecule has 32 heavy (non-hydrogen) atoms. The number of aliphatic imine (C=N–C) groups is 1. The molecule has 2 aliphatic heterocycles. The van der Waals surface area contributed by atoms with Gasteiger partial charge in [0.1, 0.15) is 5.75 Å². The van der Waals surface area contributed by atoms with E-state index in [2.05, 4.69) is 44.8 Å². The second-order valence-corrected chi connectivity index (χ2v) is 8.39. The van der Waals surface area contributed by atoms with E-state index in [-0.39, 0.29) is 5.91 Å². The molecule has 2 aliphatic rings. The Hall–Kier alpha value is -3.22. The molecular weight excluding hydrogens is 402 g/mol. The van der Waals surface area contributed by atoms with Gasteiger partial charge in [-0.15, -0.1) is 0 Å². The summed E-state index contributed by atoms with van der Waals surface area (Å²) in [5.74, 6) is 2.51. The molecule has 0 aromatic heterocycles. The molecule has 7 heteroatoms. The number of nitrogens with zero attached hydrogens (tertiary/aromatic N) is 3. The van der Waals surface area contributed by atoms with E-state index in [1.54, 1.807) is 14.2 Å². The number of hydrogen-bond acceptors (Lipinski definition) is 4. The third kappa shape index (κ3) is 5.15. The van der Waals surface area contributed by atoms with E-state index in [1.807, 2.05) is 29.2 Å². The number of benzene rings is 2. The van der Waals surface area contributed by atoms with Crippen LogP contribution in [0, 0.1) is 5.92 Å². The summed E-state index contributed by atoms with van der Waals surface area (Å²) < 4.78 is 5.52. The van der Waals surface area contributed by atoms with E-state index in [0.29, 0.717) is 18.9 Å². The van der Waals surface area contributed by atoms with Gasteiger partial charge in [-0.25, -0.2) is 0 Å². The SMILES string of the molecule is CN=C(NCc1ccc(N2CCCC2=O)cc1)NCC1CCN(c2ccccc2OC)C1. The van der Waals surface area contributed by atoms with Crippen LogP contribution < -0.4 is 25.2 Å². The molecule has 2 fully saturated rings. The van der Waals surface area contributed by atoms with Crippen LogP contribution in [0.15, 0.2) is 53.5 Å². The zero-order chi connectivity index (χ0) is 22.3. The van der Waals surface area contributed by atoms with Gasteiger partial charge in [0.25, 0.3) is 0 Å². The van der Waals surface area contributed by atoms with Crippen LogP contribution in [0.3, 0.4) is 0 Å². The Morgan fingerprint density at radius 2 is 1.94 bits per heavy atom. The van der Waals surface area contributed by atoms with E-state index in [9.17, 15) is 4.79 Å². The molecule has 170 valence electrons. The van der Waals surface area contributed by atoms with E-state index >= 15 is 0 Å². The predicted molar refractivity (Wildman–Crippen MR) is 130 cm³/mol. The highest BCUT2D eigenvalue weighted by molar-refractivity contribution is 5.95. The second kappa shape index (κ2) is 10.4. The molecule has 7 nitrogen and oxygen atoms in total. The summed E-state index contributed by atoms with van der Waals surface area (Å²) in [6.45, 7) is 4.42. The first-order valence-electron chi connectivity index (χ1n) is 11.4. The summed E-state index contributed by atoms with van der Waals surface area (Å²) in [5, 5.41) is 6.87. The maximum Gasteiger partial charge on any atom is 0.227 e. The van der Waals surface area contributed by atoms with Crippen LogP contribution in [-0.2, 0) is 11.3 Å². The molecule has 0 saturated carbocycles. The number of anilines is 2. The molecule has 0 radical (unpaired) electrons. The minimum absolute atomic E-state index is 0.219. The van der Waals surface area contributed by atoms with Gasteiger partial charge in [0.15, 0.2) is 5.96 Å². The average molecular weight is 436 g/mol. The van der Waals surface area contributed by atoms with Crippen molar-refractivity contribution in [2.24, 2.45) is 10.9 Å². The molecule has 0 aliphatic carbocycles. The van der Waals surface area contributed by atoms with Crippen LogP contribution in [0.1, 0.15) is 24.8 Å². The van der Waals surface area contributed by atoms with Crippen LogP contribution >= 0.6 is 0 Å². The highest BCUT2D eigenvalue weighted by atomic mass is 16.5. The third-order valence-corrected chi connectivity index (χ3v) is 6.27. The Balaban J connectivity index is 1.24. The monoisotopic (exact) mass is 435 g/mol. The zero-order valence-corrected chi connectivity index (χ0v) is 19.0. The van der Waals surface area contributed by atoms with Crippen molar-refractivity contribution in [1.82, 2.24) is 10.6 Å². The van der Waals surface area contributed by atoms with Gasteiger partial charge in [-0.05, 0) is 48.6 Å². The fourth-order valence-corrected chi connectivity index (χ4v) is 4.47. The van der Waals surface area contributed by atoms with Crippen molar-refractivity contribution in [2.75, 3.05) is 50.1 Å². The molecule has 2 heterocycles. The first-order chi connectivity index (χ1) is 15.7. The molecule has 1 unspecified atom stereocenters. The number of methoxy groups -OCH3 is 1. The molecule has 2 aromatic rings. The molecular formula is C25H33N5O2. The van der Waals surface area contributed by atoms with Crippen LogP contribution in [0.4, 0.5) is 11.4 Å². The molecule has 0 spiro atoms. The lowest BCUT2D eigenvalue weighted by molar-refractivity contribution is -0.117. The number of amides is 1. The van der Waals surface area contributed by atoms with Crippen LogP contribution in [0.25, 0.3) is 0 Å². The first kappa shape index (κ1) is 22.0. The number of hydrogen-bond donors (Lipinski definition) is 2. The maximum atomic E-state index is 11.9. The Labute approximate surface area is 190 Å². The lowest BCUT2D eigenvalue weighted by Crippen LogP contribution is -2.40. The van der Waals surface area contributed by atoms with E-state index in [1.165, 1.54) is 5.69 Å². The number of ether oxygens (including phenoxy) is 1. The molecule has 1 atom stereocenters. The largest absolute Gasteiger partial charge is 0.495 e. The Kier molecular flexibility index (Phi) is 7.14. The van der Waals surface area contributed by atoms with Gasteiger partial charge in [0, 0.05) is 51.9 Å². The van der Waals surface area contributed by atoms with Crippen molar-refractivity contribution in [2.45, 2.75) is 25.8 Å². The summed E-state index contributed by atoms with van der Waals surface area (Å²) in [6.07, 6.45) is 2.74. The molecule has 2 saturated heterocycles. The maximum absolute atomic E-state index is 11.9. The average Bonchev–Trinajstić information content (AvgIpc) is 3.48. The lowest BCUT2D eigenvalue weighted by Gasteiger charge is -2.21.